The number of fused-ring (bicyclic) bond motifs is 2. The molecule has 3 aliphatic rings. The summed E-state index contributed by atoms with van der Waals surface area (Å²) in [6.45, 7) is 5.07. The molecular formula is C34H47N3O7. The normalized spacial score (nSPS) is 28.9. The Morgan fingerprint density at radius 2 is 1.73 bits per heavy atom. The molecule has 0 aromatic heterocycles. The molecule has 2 saturated heterocycles. The number of likely N-dealkylation sites (N-methyl/N-ethyl adjacent to an activating group) is 1. The van der Waals surface area contributed by atoms with Gasteiger partial charge in [-0.3, -0.25) is 9.59 Å². The molecule has 5 N–H and O–H groups in total. The summed E-state index contributed by atoms with van der Waals surface area (Å²) in [4.78, 5) is 27.5. The Labute approximate surface area is 259 Å². The summed E-state index contributed by atoms with van der Waals surface area (Å²) in [5.41, 5.74) is 3.08. The van der Waals surface area contributed by atoms with Crippen LogP contribution in [0.1, 0.15) is 66.8 Å². The van der Waals surface area contributed by atoms with Crippen LogP contribution in [-0.4, -0.2) is 95.3 Å². The highest BCUT2D eigenvalue weighted by Crippen LogP contribution is 2.49. The molecule has 5 atom stereocenters. The van der Waals surface area contributed by atoms with Crippen molar-refractivity contribution < 1.29 is 34.4 Å². The fourth-order valence-corrected chi connectivity index (χ4v) is 6.43. The minimum absolute atomic E-state index is 0.0574. The lowest BCUT2D eigenvalue weighted by Gasteiger charge is -2.45. The highest BCUT2D eigenvalue weighted by atomic mass is 16.8. The van der Waals surface area contributed by atoms with Gasteiger partial charge in [0.25, 0.3) is 0 Å². The van der Waals surface area contributed by atoms with Crippen LogP contribution in [0.3, 0.4) is 0 Å². The maximum absolute atomic E-state index is 12.7. The number of nitrogens with zero attached hydrogens (tertiary/aromatic N) is 1. The average molecular weight is 610 g/mol. The number of aryl methyl sites for hydroxylation is 2. The van der Waals surface area contributed by atoms with Crippen molar-refractivity contribution in [2.45, 2.75) is 94.0 Å². The van der Waals surface area contributed by atoms with Crippen LogP contribution in [0.15, 0.2) is 42.5 Å². The third kappa shape index (κ3) is 6.42. The number of amides is 2. The first-order chi connectivity index (χ1) is 20.9. The van der Waals surface area contributed by atoms with Gasteiger partial charge < -0.3 is 40.3 Å². The number of carbonyl (C=O) groups excluding carboxylic acids is 2. The van der Waals surface area contributed by atoms with Crippen molar-refractivity contribution in [3.63, 3.8) is 0 Å². The number of hydrogen-bond donors (Lipinski definition) is 5. The van der Waals surface area contributed by atoms with Gasteiger partial charge in [0.2, 0.25) is 17.6 Å². The van der Waals surface area contributed by atoms with Crippen LogP contribution in [0.2, 0.25) is 0 Å². The first kappa shape index (κ1) is 32.5. The van der Waals surface area contributed by atoms with Crippen molar-refractivity contribution in [3.05, 3.63) is 70.3 Å². The van der Waals surface area contributed by atoms with Crippen molar-refractivity contribution in [3.8, 4) is 0 Å². The highest BCUT2D eigenvalue weighted by molar-refractivity contribution is 5.92. The van der Waals surface area contributed by atoms with E-state index in [4.69, 9.17) is 9.47 Å². The van der Waals surface area contributed by atoms with Gasteiger partial charge in [-0.1, -0.05) is 36.4 Å². The van der Waals surface area contributed by atoms with Gasteiger partial charge in [0.15, 0.2) is 0 Å². The summed E-state index contributed by atoms with van der Waals surface area (Å²) in [7, 11) is 3.92. The van der Waals surface area contributed by atoms with Gasteiger partial charge in [-0.25, -0.2) is 0 Å². The Kier molecular flexibility index (Phi) is 9.51. The van der Waals surface area contributed by atoms with Gasteiger partial charge in [-0.15, -0.1) is 0 Å². The molecule has 5 rings (SSSR count). The third-order valence-corrected chi connectivity index (χ3v) is 9.52. The van der Waals surface area contributed by atoms with Crippen LogP contribution in [0.25, 0.3) is 0 Å². The minimum atomic E-state index is -1.54. The quantitative estimate of drug-likeness (QED) is 0.245. The van der Waals surface area contributed by atoms with E-state index in [9.17, 15) is 24.9 Å². The first-order valence-corrected chi connectivity index (χ1v) is 15.7. The second-order valence-corrected chi connectivity index (χ2v) is 13.3. The van der Waals surface area contributed by atoms with Gasteiger partial charge in [0.05, 0.1) is 6.61 Å². The zero-order valence-electron chi connectivity index (χ0n) is 26.3. The van der Waals surface area contributed by atoms with Gasteiger partial charge in [-0.2, -0.15) is 0 Å². The number of carbonyl (C=O) groups is 2. The smallest absolute Gasteiger partial charge is 0.245 e. The molecule has 10 heteroatoms. The standard InChI is InChI=1S/C34H47N3O7/c1-22-9-14-26(34-30(41)28(39)29(40)32(2,44-34)21-43-34)20-25(22)19-24-12-10-23(11-13-24)7-5-8-27(38)36-33(15-6-16-33)31(42)35-17-18-37(3)4/h9-14,20,28-30,39-41H,5-8,15-19,21H2,1-4H3,(H,35,42)(H,36,38)/t28-,29-,30+,32-,34-/m0/s1. The first-order valence-electron chi connectivity index (χ1n) is 15.7. The second kappa shape index (κ2) is 12.9. The molecule has 0 unspecified atom stereocenters. The average Bonchev–Trinajstić information content (AvgIpc) is 3.32. The number of rotatable bonds is 12. The molecule has 3 fully saturated rings. The van der Waals surface area contributed by atoms with Crippen molar-refractivity contribution in [1.29, 1.82) is 0 Å². The molecule has 44 heavy (non-hydrogen) atoms. The molecule has 2 aromatic carbocycles. The summed E-state index contributed by atoms with van der Waals surface area (Å²) in [5.74, 6) is -1.71. The second-order valence-electron chi connectivity index (χ2n) is 13.3. The van der Waals surface area contributed by atoms with Gasteiger partial charge in [0, 0.05) is 25.1 Å². The lowest BCUT2D eigenvalue weighted by atomic mass is 9.75. The van der Waals surface area contributed by atoms with Crippen LogP contribution in [0, 0.1) is 6.92 Å². The van der Waals surface area contributed by atoms with Crippen molar-refractivity contribution in [1.82, 2.24) is 15.5 Å². The van der Waals surface area contributed by atoms with E-state index in [0.717, 1.165) is 41.6 Å². The number of aliphatic hydroxyl groups is 3. The van der Waals surface area contributed by atoms with Crippen molar-refractivity contribution in [2.24, 2.45) is 0 Å². The molecule has 2 heterocycles. The number of hydrogen-bond acceptors (Lipinski definition) is 8. The fraction of sp³-hybridized carbons (Fsp3) is 0.588. The summed E-state index contributed by atoms with van der Waals surface area (Å²) in [6.07, 6.45) is 0.680. The third-order valence-electron chi connectivity index (χ3n) is 9.52. The summed E-state index contributed by atoms with van der Waals surface area (Å²) < 4.78 is 12.1. The molecule has 0 spiro atoms. The zero-order chi connectivity index (χ0) is 31.7. The largest absolute Gasteiger partial charge is 0.387 e. The SMILES string of the molecule is Cc1ccc([C@]23OC[C@](C)(O2)[C@@H](O)[C@H](O)[C@H]3O)cc1Cc1ccc(CCCC(=O)NC2(C(=O)NCCN(C)C)CCC2)cc1. The maximum atomic E-state index is 12.7. The van der Waals surface area contributed by atoms with Gasteiger partial charge >= 0.3 is 0 Å². The van der Waals surface area contributed by atoms with E-state index in [-0.39, 0.29) is 18.4 Å². The van der Waals surface area contributed by atoms with Crippen LogP contribution < -0.4 is 10.6 Å². The van der Waals surface area contributed by atoms with E-state index in [2.05, 4.69) is 34.9 Å². The monoisotopic (exact) mass is 609 g/mol. The molecule has 0 radical (unpaired) electrons. The van der Waals surface area contributed by atoms with Crippen molar-refractivity contribution >= 4 is 11.8 Å². The van der Waals surface area contributed by atoms with E-state index in [0.29, 0.717) is 44.2 Å². The number of benzene rings is 2. The molecule has 2 bridgehead atoms. The Hall–Kier alpha value is -2.86. The van der Waals surface area contributed by atoms with Crippen LogP contribution in [-0.2, 0) is 37.7 Å². The van der Waals surface area contributed by atoms with Crippen LogP contribution >= 0.6 is 0 Å². The van der Waals surface area contributed by atoms with E-state index in [1.807, 2.05) is 44.1 Å². The minimum Gasteiger partial charge on any atom is -0.387 e. The fourth-order valence-electron chi connectivity index (χ4n) is 6.43. The predicted octanol–water partition coefficient (Wildman–Crippen LogP) is 1.68. The van der Waals surface area contributed by atoms with E-state index < -0.39 is 35.2 Å². The molecule has 240 valence electrons. The summed E-state index contributed by atoms with van der Waals surface area (Å²) in [6, 6.07) is 14.0. The molecule has 2 aliphatic heterocycles. The lowest BCUT2D eigenvalue weighted by molar-refractivity contribution is -0.322. The van der Waals surface area contributed by atoms with Gasteiger partial charge in [0.1, 0.15) is 29.5 Å². The van der Waals surface area contributed by atoms with Crippen molar-refractivity contribution in [2.75, 3.05) is 33.8 Å². The molecule has 2 aromatic rings. The lowest BCUT2D eigenvalue weighted by Crippen LogP contribution is -2.63. The van der Waals surface area contributed by atoms with E-state index in [1.54, 1.807) is 6.92 Å². The Morgan fingerprint density at radius 3 is 2.39 bits per heavy atom. The molecule has 10 nitrogen and oxygen atoms in total. The van der Waals surface area contributed by atoms with E-state index >= 15 is 0 Å². The Bertz CT molecular complexity index is 1340. The summed E-state index contributed by atoms with van der Waals surface area (Å²) >= 11 is 0. The van der Waals surface area contributed by atoms with Gasteiger partial charge in [-0.05, 0) is 94.8 Å². The molecule has 1 aliphatic carbocycles. The molecule has 1 saturated carbocycles. The molecular weight excluding hydrogens is 562 g/mol. The summed E-state index contributed by atoms with van der Waals surface area (Å²) in [5, 5.41) is 37.8. The Balaban J connectivity index is 1.15. The molecule has 2 amide bonds. The number of aliphatic hydroxyl groups excluding tert-OH is 3. The van der Waals surface area contributed by atoms with E-state index in [1.165, 1.54) is 0 Å². The van der Waals surface area contributed by atoms with Crippen LogP contribution in [0.5, 0.6) is 0 Å². The predicted molar refractivity (Wildman–Crippen MR) is 165 cm³/mol. The number of ether oxygens (including phenoxy) is 2. The highest BCUT2D eigenvalue weighted by Gasteiger charge is 2.65. The maximum Gasteiger partial charge on any atom is 0.245 e. The zero-order valence-corrected chi connectivity index (χ0v) is 26.3. The number of nitrogens with one attached hydrogen (secondary N) is 2. The van der Waals surface area contributed by atoms with Crippen LogP contribution in [0.4, 0.5) is 0 Å². The topological polar surface area (TPSA) is 141 Å². The Morgan fingerprint density at radius 1 is 1.02 bits per heavy atom.